The van der Waals surface area contributed by atoms with E-state index in [4.69, 9.17) is 33.2 Å². The summed E-state index contributed by atoms with van der Waals surface area (Å²) in [6.45, 7) is -2.92. The molecule has 4 aliphatic heterocycles. The van der Waals surface area contributed by atoms with Crippen LogP contribution in [0.1, 0.15) is 0 Å². The van der Waals surface area contributed by atoms with Gasteiger partial charge in [-0.05, 0) is 0 Å². The topological polar surface area (TPSA) is 348 Å². The van der Waals surface area contributed by atoms with Crippen molar-refractivity contribution in [3.63, 3.8) is 0 Å². The van der Waals surface area contributed by atoms with Crippen molar-refractivity contribution < 1.29 is 105 Å². The first-order valence-corrected chi connectivity index (χ1v) is 14.1. The van der Waals surface area contributed by atoms with E-state index < -0.39 is 149 Å². The lowest BCUT2D eigenvalue weighted by Gasteiger charge is -2.46. The zero-order valence-corrected chi connectivity index (χ0v) is 23.5. The molecule has 20 atom stereocenters. The molecule has 14 N–H and O–H groups in total. The van der Waals surface area contributed by atoms with Crippen LogP contribution in [0.15, 0.2) is 0 Å². The van der Waals surface area contributed by atoms with E-state index in [1.54, 1.807) is 0 Å². The van der Waals surface area contributed by atoms with Gasteiger partial charge in [-0.3, -0.25) is 0 Å². The van der Waals surface area contributed by atoms with Gasteiger partial charge in [0.25, 0.3) is 0 Å². The Hall–Kier alpha value is -0.840. The van der Waals surface area contributed by atoms with E-state index in [0.29, 0.717) is 0 Å². The lowest BCUT2D eigenvalue weighted by Crippen LogP contribution is -2.65. The van der Waals surface area contributed by atoms with Gasteiger partial charge in [-0.25, -0.2) is 0 Å². The van der Waals surface area contributed by atoms with E-state index >= 15 is 0 Å². The Balaban J connectivity index is 1.35. The zero-order valence-electron chi connectivity index (χ0n) is 23.5. The molecule has 264 valence electrons. The molecule has 0 spiro atoms. The number of ether oxygens (including phenoxy) is 7. The first-order valence-electron chi connectivity index (χ1n) is 14.1. The van der Waals surface area contributed by atoms with Crippen molar-refractivity contribution in [2.75, 3.05) is 26.4 Å². The van der Waals surface area contributed by atoms with Gasteiger partial charge in [-0.2, -0.15) is 0 Å². The highest BCUT2D eigenvalue weighted by molar-refractivity contribution is 4.95. The van der Waals surface area contributed by atoms with Crippen molar-refractivity contribution in [2.24, 2.45) is 0 Å². The molecule has 0 radical (unpaired) electrons. The molecule has 0 saturated carbocycles. The summed E-state index contributed by atoms with van der Waals surface area (Å²) in [7, 11) is 0. The van der Waals surface area contributed by atoms with E-state index in [1.807, 2.05) is 0 Å². The van der Waals surface area contributed by atoms with Gasteiger partial charge >= 0.3 is 0 Å². The molecule has 0 aromatic heterocycles. The fourth-order valence-electron chi connectivity index (χ4n) is 5.33. The second kappa shape index (κ2) is 15.6. The molecule has 0 bridgehead atoms. The van der Waals surface area contributed by atoms with Gasteiger partial charge in [-0.15, -0.1) is 0 Å². The summed E-state index contributed by atoms with van der Waals surface area (Å²) in [4.78, 5) is 0. The molecule has 4 fully saturated rings. The monoisotopic (exact) mass is 666 g/mol. The van der Waals surface area contributed by atoms with Gasteiger partial charge in [0.1, 0.15) is 97.7 Å². The van der Waals surface area contributed by atoms with Crippen molar-refractivity contribution in [2.45, 2.75) is 123 Å². The molecule has 4 saturated heterocycles. The van der Waals surface area contributed by atoms with Crippen molar-refractivity contribution in [3.8, 4) is 0 Å². The minimum absolute atomic E-state index is 0.634. The molecule has 4 rings (SSSR count). The summed E-state index contributed by atoms with van der Waals surface area (Å²) in [5.74, 6) is 0. The number of aliphatic hydroxyl groups is 14. The third-order valence-corrected chi connectivity index (χ3v) is 8.17. The average molecular weight is 667 g/mol. The first kappa shape index (κ1) is 37.0. The Morgan fingerprint density at radius 2 is 0.778 bits per heavy atom. The molecule has 21 heteroatoms. The van der Waals surface area contributed by atoms with Gasteiger partial charge < -0.3 is 105 Å². The quantitative estimate of drug-likeness (QED) is 0.103. The molecule has 45 heavy (non-hydrogen) atoms. The Kier molecular flexibility index (Phi) is 12.8. The summed E-state index contributed by atoms with van der Waals surface area (Å²) in [6.07, 6.45) is -34.3. The molecule has 0 aliphatic carbocycles. The van der Waals surface area contributed by atoms with Crippen molar-refractivity contribution in [1.82, 2.24) is 0 Å². The van der Waals surface area contributed by atoms with E-state index in [9.17, 15) is 71.5 Å². The van der Waals surface area contributed by atoms with Gasteiger partial charge in [0, 0.05) is 0 Å². The summed E-state index contributed by atoms with van der Waals surface area (Å²) in [5, 5.41) is 141. The summed E-state index contributed by atoms with van der Waals surface area (Å²) >= 11 is 0. The Morgan fingerprint density at radius 3 is 1.31 bits per heavy atom. The van der Waals surface area contributed by atoms with E-state index in [0.717, 1.165) is 0 Å². The molecule has 4 aliphatic rings. The molecular formula is C24H42O21. The highest BCUT2D eigenvalue weighted by Gasteiger charge is 2.52. The van der Waals surface area contributed by atoms with Crippen LogP contribution in [0.3, 0.4) is 0 Å². The van der Waals surface area contributed by atoms with Crippen LogP contribution in [0, 0.1) is 0 Å². The van der Waals surface area contributed by atoms with E-state index in [-0.39, 0.29) is 0 Å². The van der Waals surface area contributed by atoms with Crippen LogP contribution in [-0.4, -0.2) is 221 Å². The molecule has 0 amide bonds. The standard InChI is InChI=1S/C24H42O21/c25-1-5-9(27)13(31)18(36)24(42-5)45-20-6(2-26)43-23(19(37)15(20)33)40-4-8-11(29)14(32)17(35)22(44-8)39-3-7-10(28)12(30)16(34)21(38)41-7/h5-38H,1-4H2/t5-,6-,7-,8-,9+,10-,11+,12+,13+,14+,15-,16-,17-,18-,19-,20-,21?,22?,23?,24?/m1/s1. The highest BCUT2D eigenvalue weighted by atomic mass is 16.8. The maximum absolute atomic E-state index is 10.7. The maximum atomic E-state index is 10.7. The Bertz CT molecular complexity index is 914. The Labute approximate surface area is 254 Å². The number of aliphatic hydroxyl groups excluding tert-OH is 14. The summed E-state index contributed by atoms with van der Waals surface area (Å²) in [5.41, 5.74) is 0. The minimum Gasteiger partial charge on any atom is -0.394 e. The maximum Gasteiger partial charge on any atom is 0.187 e. The number of rotatable bonds is 10. The SMILES string of the molecule is OC[C@H]1OC(O[C@H]2[C@H](O)[C@@H](O)C(OC[C@H]3OC(OC[C@H]4OC(O)[C@H](O)[C@@H](O)[C@@H]4O)[C@H](O)[C@@H](O)[C@H]3O)O[C@@H]2CO)[C@H](O)[C@@H](O)[C@H]1O. The number of hydrogen-bond donors (Lipinski definition) is 14. The Morgan fingerprint density at radius 1 is 0.378 bits per heavy atom. The van der Waals surface area contributed by atoms with Crippen LogP contribution in [0.4, 0.5) is 0 Å². The van der Waals surface area contributed by atoms with Crippen LogP contribution in [0.2, 0.25) is 0 Å². The smallest absolute Gasteiger partial charge is 0.187 e. The van der Waals surface area contributed by atoms with E-state index in [1.165, 1.54) is 0 Å². The highest BCUT2D eigenvalue weighted by Crippen LogP contribution is 2.31. The van der Waals surface area contributed by atoms with Crippen molar-refractivity contribution in [1.29, 1.82) is 0 Å². The summed E-state index contributed by atoms with van der Waals surface area (Å²) in [6, 6.07) is 0. The molecule has 4 unspecified atom stereocenters. The largest absolute Gasteiger partial charge is 0.394 e. The third-order valence-electron chi connectivity index (χ3n) is 8.17. The average Bonchev–Trinajstić information content (AvgIpc) is 3.03. The van der Waals surface area contributed by atoms with Crippen LogP contribution in [0.25, 0.3) is 0 Å². The normalized spacial score (nSPS) is 52.9. The van der Waals surface area contributed by atoms with Crippen molar-refractivity contribution in [3.05, 3.63) is 0 Å². The van der Waals surface area contributed by atoms with Gasteiger partial charge in [0.2, 0.25) is 0 Å². The molecule has 0 aromatic carbocycles. The van der Waals surface area contributed by atoms with Crippen LogP contribution in [-0.2, 0) is 33.2 Å². The molecule has 0 aromatic rings. The first-order chi connectivity index (χ1) is 21.2. The van der Waals surface area contributed by atoms with Gasteiger partial charge in [0.15, 0.2) is 25.2 Å². The fourth-order valence-corrected chi connectivity index (χ4v) is 5.33. The van der Waals surface area contributed by atoms with Crippen LogP contribution in [0.5, 0.6) is 0 Å². The van der Waals surface area contributed by atoms with Crippen molar-refractivity contribution >= 4 is 0 Å². The lowest BCUT2D eigenvalue weighted by molar-refractivity contribution is -0.365. The predicted octanol–water partition coefficient (Wildman–Crippen LogP) is -9.75. The second-order valence-corrected chi connectivity index (χ2v) is 11.2. The van der Waals surface area contributed by atoms with Gasteiger partial charge in [0.05, 0.1) is 26.4 Å². The molecular weight excluding hydrogens is 624 g/mol. The molecule has 4 heterocycles. The van der Waals surface area contributed by atoms with E-state index in [2.05, 4.69) is 0 Å². The third kappa shape index (κ3) is 7.75. The summed E-state index contributed by atoms with van der Waals surface area (Å²) < 4.78 is 37.4. The van der Waals surface area contributed by atoms with Crippen LogP contribution >= 0.6 is 0 Å². The number of hydrogen-bond acceptors (Lipinski definition) is 21. The minimum atomic E-state index is -1.91. The fraction of sp³-hybridized carbons (Fsp3) is 1.00. The zero-order chi connectivity index (χ0) is 33.3. The molecule has 21 nitrogen and oxygen atoms in total. The van der Waals surface area contributed by atoms with Gasteiger partial charge in [-0.1, -0.05) is 0 Å². The second-order valence-electron chi connectivity index (χ2n) is 11.2. The predicted molar refractivity (Wildman–Crippen MR) is 134 cm³/mol. The lowest BCUT2D eigenvalue weighted by atomic mass is 9.97. The van der Waals surface area contributed by atoms with Crippen LogP contribution < -0.4 is 0 Å².